The van der Waals surface area contributed by atoms with E-state index in [1.165, 1.54) is 0 Å². The number of amides is 1. The number of carbonyl (C=O) groups is 1. The maximum atomic E-state index is 12.3. The van der Waals surface area contributed by atoms with E-state index in [1.54, 1.807) is 0 Å². The van der Waals surface area contributed by atoms with Crippen LogP contribution in [0.15, 0.2) is 5.16 Å². The molecule has 2 saturated heterocycles. The van der Waals surface area contributed by atoms with Crippen molar-refractivity contribution in [2.45, 2.75) is 44.2 Å². The molecule has 17 heavy (non-hydrogen) atoms. The standard InChI is InChI=1S/C12H19N3O2/c1-9-3-2-6-15(9)11(16)10-7-12(17-14-10)4-5-13-8-12/h9,13H,2-8H2,1H3/t9-,12-/m0/s1. The second kappa shape index (κ2) is 3.98. The molecule has 94 valence electrons. The molecule has 0 aromatic rings. The fourth-order valence-electron chi connectivity index (χ4n) is 2.99. The van der Waals surface area contributed by atoms with E-state index in [1.807, 2.05) is 4.90 Å². The number of likely N-dealkylation sites (tertiary alicyclic amines) is 1. The predicted molar refractivity (Wildman–Crippen MR) is 63.8 cm³/mol. The first-order valence-electron chi connectivity index (χ1n) is 6.47. The van der Waals surface area contributed by atoms with Gasteiger partial charge in [-0.25, -0.2) is 0 Å². The van der Waals surface area contributed by atoms with Crippen LogP contribution in [-0.4, -0.2) is 47.8 Å². The average molecular weight is 237 g/mol. The molecule has 0 bridgehead atoms. The zero-order valence-corrected chi connectivity index (χ0v) is 10.2. The quantitative estimate of drug-likeness (QED) is 0.723. The van der Waals surface area contributed by atoms with Gasteiger partial charge in [-0.15, -0.1) is 0 Å². The molecule has 1 N–H and O–H groups in total. The lowest BCUT2D eigenvalue weighted by Gasteiger charge is -2.22. The molecule has 3 aliphatic heterocycles. The van der Waals surface area contributed by atoms with E-state index < -0.39 is 0 Å². The van der Waals surface area contributed by atoms with Gasteiger partial charge in [0.1, 0.15) is 5.71 Å². The SMILES string of the molecule is C[C@H]1CCCN1C(=O)C1=NO[C@@]2(CCNC2)C1. The molecule has 0 aliphatic carbocycles. The molecule has 1 amide bonds. The molecular formula is C12H19N3O2. The summed E-state index contributed by atoms with van der Waals surface area (Å²) in [6.07, 6.45) is 3.82. The summed E-state index contributed by atoms with van der Waals surface area (Å²) in [5.41, 5.74) is 0.385. The second-order valence-corrected chi connectivity index (χ2v) is 5.41. The van der Waals surface area contributed by atoms with Gasteiger partial charge in [0.15, 0.2) is 5.60 Å². The minimum absolute atomic E-state index is 0.0822. The Kier molecular flexibility index (Phi) is 2.58. The number of oxime groups is 1. The van der Waals surface area contributed by atoms with Gasteiger partial charge < -0.3 is 15.1 Å². The van der Waals surface area contributed by atoms with Gasteiger partial charge in [-0.3, -0.25) is 4.79 Å². The van der Waals surface area contributed by atoms with Crippen molar-refractivity contribution in [2.75, 3.05) is 19.6 Å². The van der Waals surface area contributed by atoms with E-state index in [0.29, 0.717) is 18.2 Å². The van der Waals surface area contributed by atoms with E-state index in [0.717, 1.165) is 38.9 Å². The molecule has 5 heteroatoms. The Morgan fingerprint density at radius 2 is 2.53 bits per heavy atom. The number of nitrogens with one attached hydrogen (secondary N) is 1. The normalized spacial score (nSPS) is 36.4. The Balaban J connectivity index is 1.67. The largest absolute Gasteiger partial charge is 0.387 e. The first-order chi connectivity index (χ1) is 8.20. The van der Waals surface area contributed by atoms with Crippen molar-refractivity contribution in [3.8, 4) is 0 Å². The highest BCUT2D eigenvalue weighted by molar-refractivity contribution is 6.39. The highest BCUT2D eigenvalue weighted by Gasteiger charge is 2.45. The number of carbonyl (C=O) groups excluding carboxylic acids is 1. The van der Waals surface area contributed by atoms with E-state index >= 15 is 0 Å². The van der Waals surface area contributed by atoms with Gasteiger partial charge in [-0.2, -0.15) is 0 Å². The van der Waals surface area contributed by atoms with Gasteiger partial charge >= 0.3 is 0 Å². The molecule has 0 radical (unpaired) electrons. The predicted octanol–water partition coefficient (Wildman–Crippen LogP) is 0.506. The van der Waals surface area contributed by atoms with Crippen LogP contribution in [0.25, 0.3) is 0 Å². The minimum atomic E-state index is -0.228. The van der Waals surface area contributed by atoms with Crippen molar-refractivity contribution in [3.05, 3.63) is 0 Å². The van der Waals surface area contributed by atoms with Crippen LogP contribution in [0.4, 0.5) is 0 Å². The van der Waals surface area contributed by atoms with Crippen molar-refractivity contribution in [1.82, 2.24) is 10.2 Å². The summed E-state index contributed by atoms with van der Waals surface area (Å²) >= 11 is 0. The smallest absolute Gasteiger partial charge is 0.272 e. The first-order valence-corrected chi connectivity index (χ1v) is 6.47. The van der Waals surface area contributed by atoms with Gasteiger partial charge in [-0.05, 0) is 26.3 Å². The van der Waals surface area contributed by atoms with E-state index in [-0.39, 0.29) is 11.5 Å². The van der Waals surface area contributed by atoms with Crippen LogP contribution in [0.2, 0.25) is 0 Å². The van der Waals surface area contributed by atoms with Gasteiger partial charge in [0.2, 0.25) is 0 Å². The molecule has 2 fully saturated rings. The topological polar surface area (TPSA) is 53.9 Å². The van der Waals surface area contributed by atoms with Gasteiger partial charge in [0.05, 0.1) is 0 Å². The third-order valence-electron chi connectivity index (χ3n) is 4.10. The van der Waals surface area contributed by atoms with Gasteiger partial charge in [0, 0.05) is 32.0 Å². The fourth-order valence-corrected chi connectivity index (χ4v) is 2.99. The molecule has 0 unspecified atom stereocenters. The maximum absolute atomic E-state index is 12.3. The lowest BCUT2D eigenvalue weighted by molar-refractivity contribution is -0.124. The van der Waals surface area contributed by atoms with Gasteiger partial charge in [-0.1, -0.05) is 5.16 Å². The number of rotatable bonds is 1. The van der Waals surface area contributed by atoms with Crippen LogP contribution in [0.5, 0.6) is 0 Å². The summed E-state index contributed by atoms with van der Waals surface area (Å²) in [5, 5.41) is 7.30. The Morgan fingerprint density at radius 1 is 1.65 bits per heavy atom. The zero-order valence-electron chi connectivity index (χ0n) is 10.2. The lowest BCUT2D eigenvalue weighted by Crippen LogP contribution is -2.40. The Labute approximate surface area is 101 Å². The monoisotopic (exact) mass is 237 g/mol. The van der Waals surface area contributed by atoms with Crippen molar-refractivity contribution in [3.63, 3.8) is 0 Å². The third-order valence-corrected chi connectivity index (χ3v) is 4.10. The van der Waals surface area contributed by atoms with Crippen LogP contribution in [0.3, 0.4) is 0 Å². The summed E-state index contributed by atoms with van der Waals surface area (Å²) in [4.78, 5) is 19.7. The summed E-state index contributed by atoms with van der Waals surface area (Å²) < 4.78 is 0. The molecule has 0 aromatic heterocycles. The third kappa shape index (κ3) is 1.82. The van der Waals surface area contributed by atoms with E-state index in [9.17, 15) is 4.79 Å². The number of hydrogen-bond acceptors (Lipinski definition) is 4. The highest BCUT2D eigenvalue weighted by atomic mass is 16.7. The molecular weight excluding hydrogens is 218 g/mol. The number of hydrogen-bond donors (Lipinski definition) is 1. The minimum Gasteiger partial charge on any atom is -0.387 e. The Bertz CT molecular complexity index is 361. The van der Waals surface area contributed by atoms with Crippen LogP contribution in [-0.2, 0) is 9.63 Å². The summed E-state index contributed by atoms with van der Waals surface area (Å²) in [6.45, 7) is 4.73. The van der Waals surface area contributed by atoms with Crippen molar-refractivity contribution >= 4 is 11.6 Å². The molecule has 5 nitrogen and oxygen atoms in total. The van der Waals surface area contributed by atoms with Crippen molar-refractivity contribution < 1.29 is 9.63 Å². The molecule has 0 aromatic carbocycles. The lowest BCUT2D eigenvalue weighted by atomic mass is 9.96. The molecule has 3 aliphatic rings. The molecule has 1 spiro atoms. The Morgan fingerprint density at radius 3 is 3.18 bits per heavy atom. The first kappa shape index (κ1) is 11.0. The van der Waals surface area contributed by atoms with Gasteiger partial charge in [0.25, 0.3) is 5.91 Å². The van der Waals surface area contributed by atoms with E-state index in [4.69, 9.17) is 4.84 Å². The number of nitrogens with zero attached hydrogens (tertiary/aromatic N) is 2. The fraction of sp³-hybridized carbons (Fsp3) is 0.833. The zero-order chi connectivity index (χ0) is 11.9. The average Bonchev–Trinajstić information content (AvgIpc) is 3.02. The van der Waals surface area contributed by atoms with Crippen LogP contribution < -0.4 is 5.32 Å². The highest BCUT2D eigenvalue weighted by Crippen LogP contribution is 2.31. The Hall–Kier alpha value is -1.10. The molecule has 2 atom stereocenters. The van der Waals surface area contributed by atoms with E-state index in [2.05, 4.69) is 17.4 Å². The second-order valence-electron chi connectivity index (χ2n) is 5.41. The van der Waals surface area contributed by atoms with Crippen LogP contribution >= 0.6 is 0 Å². The maximum Gasteiger partial charge on any atom is 0.272 e. The summed E-state index contributed by atoms with van der Waals surface area (Å²) in [5.74, 6) is 0.0822. The molecule has 3 rings (SSSR count). The summed E-state index contributed by atoms with van der Waals surface area (Å²) in [6, 6.07) is 0.350. The molecule has 0 saturated carbocycles. The van der Waals surface area contributed by atoms with Crippen LogP contribution in [0, 0.1) is 0 Å². The van der Waals surface area contributed by atoms with Crippen LogP contribution in [0.1, 0.15) is 32.6 Å². The summed E-state index contributed by atoms with van der Waals surface area (Å²) in [7, 11) is 0. The van der Waals surface area contributed by atoms with Crippen molar-refractivity contribution in [2.24, 2.45) is 5.16 Å². The molecule has 3 heterocycles. The van der Waals surface area contributed by atoms with Crippen molar-refractivity contribution in [1.29, 1.82) is 0 Å².